The summed E-state index contributed by atoms with van der Waals surface area (Å²) >= 11 is 0. The Labute approximate surface area is 111 Å². The van der Waals surface area contributed by atoms with Crippen molar-refractivity contribution in [3.63, 3.8) is 0 Å². The molecule has 0 aromatic carbocycles. The van der Waals surface area contributed by atoms with E-state index in [1.54, 1.807) is 19.1 Å². The zero-order valence-electron chi connectivity index (χ0n) is 11.4. The number of nitrogens with one attached hydrogen (secondary N) is 1. The molecule has 0 spiro atoms. The molecule has 0 saturated heterocycles. The summed E-state index contributed by atoms with van der Waals surface area (Å²) in [7, 11) is 0. The van der Waals surface area contributed by atoms with Crippen LogP contribution >= 0.6 is 0 Å². The Bertz CT molecular complexity index is 363. The van der Waals surface area contributed by atoms with Crippen molar-refractivity contribution in [1.82, 2.24) is 10.2 Å². The van der Waals surface area contributed by atoms with Crippen LogP contribution in [0, 0.1) is 0 Å². The summed E-state index contributed by atoms with van der Waals surface area (Å²) in [6.07, 6.45) is -3.14. The predicted octanol–water partition coefficient (Wildman–Crippen LogP) is 3.16. The Balaban J connectivity index is 2.47. The van der Waals surface area contributed by atoms with Crippen molar-refractivity contribution in [3.05, 3.63) is 23.7 Å². The van der Waals surface area contributed by atoms with Crippen LogP contribution in [0.3, 0.4) is 0 Å². The molecule has 0 bridgehead atoms. The first-order valence-electron chi connectivity index (χ1n) is 6.52. The van der Waals surface area contributed by atoms with Gasteiger partial charge < -0.3 is 9.73 Å². The third-order valence-corrected chi connectivity index (χ3v) is 2.67. The molecule has 0 atom stereocenters. The van der Waals surface area contributed by atoms with Gasteiger partial charge in [-0.2, -0.15) is 13.2 Å². The van der Waals surface area contributed by atoms with Gasteiger partial charge in [0.1, 0.15) is 11.5 Å². The lowest BCUT2D eigenvalue weighted by Gasteiger charge is -2.20. The number of hydrogen-bond donors (Lipinski definition) is 1. The van der Waals surface area contributed by atoms with E-state index in [1.165, 1.54) is 4.90 Å². The van der Waals surface area contributed by atoms with Crippen LogP contribution in [-0.2, 0) is 13.1 Å². The second-order valence-corrected chi connectivity index (χ2v) is 4.46. The van der Waals surface area contributed by atoms with Gasteiger partial charge in [-0.25, -0.2) is 0 Å². The van der Waals surface area contributed by atoms with E-state index in [-0.39, 0.29) is 6.54 Å². The summed E-state index contributed by atoms with van der Waals surface area (Å²) in [5, 5.41) is 3.18. The van der Waals surface area contributed by atoms with Crippen LogP contribution in [0.25, 0.3) is 0 Å². The van der Waals surface area contributed by atoms with E-state index < -0.39 is 12.7 Å². The molecule has 0 amide bonds. The minimum absolute atomic E-state index is 0.184. The Morgan fingerprint density at radius 2 is 1.89 bits per heavy atom. The molecule has 0 fully saturated rings. The highest BCUT2D eigenvalue weighted by molar-refractivity contribution is 5.07. The lowest BCUT2D eigenvalue weighted by Crippen LogP contribution is -2.33. The zero-order valence-corrected chi connectivity index (χ0v) is 11.4. The van der Waals surface area contributed by atoms with Crippen molar-refractivity contribution in [1.29, 1.82) is 0 Å². The maximum Gasteiger partial charge on any atom is 0.401 e. The van der Waals surface area contributed by atoms with Crippen LogP contribution in [-0.4, -0.2) is 30.7 Å². The van der Waals surface area contributed by atoms with Crippen LogP contribution in [0.5, 0.6) is 0 Å². The van der Waals surface area contributed by atoms with Crippen LogP contribution < -0.4 is 5.32 Å². The smallest absolute Gasteiger partial charge is 0.401 e. The molecule has 3 nitrogen and oxygen atoms in total. The first-order chi connectivity index (χ1) is 8.94. The normalized spacial score (nSPS) is 12.3. The number of rotatable bonds is 8. The van der Waals surface area contributed by atoms with Gasteiger partial charge in [-0.15, -0.1) is 0 Å². The average Bonchev–Trinajstić information content (AvgIpc) is 2.74. The minimum atomic E-state index is -4.17. The molecule has 0 unspecified atom stereocenters. The summed E-state index contributed by atoms with van der Waals surface area (Å²) in [4.78, 5) is 1.31. The molecule has 1 rings (SSSR count). The highest BCUT2D eigenvalue weighted by Gasteiger charge is 2.30. The second kappa shape index (κ2) is 7.55. The van der Waals surface area contributed by atoms with Gasteiger partial charge in [0.15, 0.2) is 0 Å². The van der Waals surface area contributed by atoms with Gasteiger partial charge in [0.25, 0.3) is 0 Å². The molecule has 6 heteroatoms. The molecular formula is C13H21F3N2O. The highest BCUT2D eigenvalue weighted by Crippen LogP contribution is 2.18. The van der Waals surface area contributed by atoms with Crippen LogP contribution in [0.2, 0.25) is 0 Å². The fraction of sp³-hybridized carbons (Fsp3) is 0.692. The Kier molecular flexibility index (Phi) is 6.37. The first-order valence-corrected chi connectivity index (χ1v) is 6.52. The molecule has 0 aliphatic heterocycles. The Morgan fingerprint density at radius 3 is 2.47 bits per heavy atom. The maximum absolute atomic E-state index is 12.3. The molecule has 1 heterocycles. The van der Waals surface area contributed by atoms with Crippen molar-refractivity contribution in [2.75, 3.05) is 19.6 Å². The summed E-state index contributed by atoms with van der Waals surface area (Å²) in [6, 6.07) is 3.54. The molecule has 110 valence electrons. The Hall–Kier alpha value is -1.01. The highest BCUT2D eigenvalue weighted by atomic mass is 19.4. The lowest BCUT2D eigenvalue weighted by molar-refractivity contribution is -0.147. The monoisotopic (exact) mass is 278 g/mol. The van der Waals surface area contributed by atoms with Crippen molar-refractivity contribution < 1.29 is 17.6 Å². The van der Waals surface area contributed by atoms with Gasteiger partial charge in [-0.05, 0) is 31.6 Å². The topological polar surface area (TPSA) is 28.4 Å². The number of furan rings is 1. The van der Waals surface area contributed by atoms with Crippen LogP contribution in [0.15, 0.2) is 16.5 Å². The van der Waals surface area contributed by atoms with E-state index in [0.29, 0.717) is 18.8 Å². The number of hydrogen-bond acceptors (Lipinski definition) is 3. The van der Waals surface area contributed by atoms with Gasteiger partial charge in [0.05, 0.1) is 19.6 Å². The third-order valence-electron chi connectivity index (χ3n) is 2.67. The third kappa shape index (κ3) is 6.63. The number of halogens is 3. The zero-order chi connectivity index (χ0) is 14.3. The van der Waals surface area contributed by atoms with Crippen LogP contribution in [0.4, 0.5) is 13.2 Å². The van der Waals surface area contributed by atoms with E-state index in [4.69, 9.17) is 4.42 Å². The van der Waals surface area contributed by atoms with Gasteiger partial charge in [0.2, 0.25) is 0 Å². The molecular weight excluding hydrogens is 257 g/mol. The molecule has 1 N–H and O–H groups in total. The molecule has 0 radical (unpaired) electrons. The standard InChI is InChI=1S/C13H21F3N2O/c1-3-7-17-8-11-5-6-12(19-11)9-18(4-2)10-13(14,15)16/h5-6,17H,3-4,7-10H2,1-2H3. The van der Waals surface area contributed by atoms with Gasteiger partial charge >= 0.3 is 6.18 Å². The predicted molar refractivity (Wildman–Crippen MR) is 67.7 cm³/mol. The van der Waals surface area contributed by atoms with E-state index in [9.17, 15) is 13.2 Å². The number of alkyl halides is 3. The molecule has 0 saturated carbocycles. The molecule has 0 aliphatic rings. The van der Waals surface area contributed by atoms with E-state index >= 15 is 0 Å². The average molecular weight is 278 g/mol. The van der Waals surface area contributed by atoms with E-state index in [2.05, 4.69) is 12.2 Å². The van der Waals surface area contributed by atoms with Crippen molar-refractivity contribution in [3.8, 4) is 0 Å². The summed E-state index contributed by atoms with van der Waals surface area (Å²) in [5.41, 5.74) is 0. The van der Waals surface area contributed by atoms with Gasteiger partial charge in [-0.1, -0.05) is 13.8 Å². The minimum Gasteiger partial charge on any atom is -0.463 e. The summed E-state index contributed by atoms with van der Waals surface area (Å²) in [5.74, 6) is 1.32. The first kappa shape index (κ1) is 16.0. The van der Waals surface area contributed by atoms with Gasteiger partial charge in [-0.3, -0.25) is 4.90 Å². The summed E-state index contributed by atoms with van der Waals surface area (Å²) < 4.78 is 42.5. The molecule has 1 aromatic heterocycles. The van der Waals surface area contributed by atoms with E-state index in [0.717, 1.165) is 18.7 Å². The number of nitrogens with zero attached hydrogens (tertiary/aromatic N) is 1. The molecule has 19 heavy (non-hydrogen) atoms. The maximum atomic E-state index is 12.3. The lowest BCUT2D eigenvalue weighted by atomic mass is 10.3. The summed E-state index contributed by atoms with van der Waals surface area (Å²) in [6.45, 7) is 4.89. The quantitative estimate of drug-likeness (QED) is 0.740. The second-order valence-electron chi connectivity index (χ2n) is 4.46. The SMILES string of the molecule is CCCNCc1ccc(CN(CC)CC(F)(F)F)o1. The largest absolute Gasteiger partial charge is 0.463 e. The molecule has 0 aliphatic carbocycles. The van der Waals surface area contributed by atoms with E-state index in [1.807, 2.05) is 0 Å². The molecule has 1 aromatic rings. The Morgan fingerprint density at radius 1 is 1.21 bits per heavy atom. The van der Waals surface area contributed by atoms with Gasteiger partial charge in [0, 0.05) is 0 Å². The van der Waals surface area contributed by atoms with Crippen molar-refractivity contribution in [2.24, 2.45) is 0 Å². The van der Waals surface area contributed by atoms with Crippen LogP contribution in [0.1, 0.15) is 31.8 Å². The fourth-order valence-electron chi connectivity index (χ4n) is 1.74. The van der Waals surface area contributed by atoms with Crippen molar-refractivity contribution >= 4 is 0 Å². The fourth-order valence-corrected chi connectivity index (χ4v) is 1.74. The van der Waals surface area contributed by atoms with Crippen molar-refractivity contribution in [2.45, 2.75) is 39.5 Å².